The predicted molar refractivity (Wildman–Crippen MR) is 51.9 cm³/mol. The lowest BCUT2D eigenvalue weighted by Crippen LogP contribution is -2.11. The summed E-state index contributed by atoms with van der Waals surface area (Å²) in [5, 5.41) is 8.34. The number of carbonyl (C=O) groups excluding carboxylic acids is 1. The number of hydrogen-bond acceptors (Lipinski definition) is 3. The molecule has 0 atom stereocenters. The van der Waals surface area contributed by atoms with E-state index in [1.807, 2.05) is 0 Å². The third-order valence-corrected chi connectivity index (χ3v) is 1.50. The molecule has 1 amide bonds. The highest BCUT2D eigenvalue weighted by atomic mass is 16.4. The molecular formula is C10H8N2O3. The lowest BCUT2D eigenvalue weighted by molar-refractivity contribution is -0.135. The third-order valence-electron chi connectivity index (χ3n) is 1.50. The number of nitrogens with two attached hydrogens (primary N) is 1. The molecule has 3 N–H and O–H groups in total. The fourth-order valence-electron chi connectivity index (χ4n) is 0.865. The first-order valence-corrected chi connectivity index (χ1v) is 4.05. The summed E-state index contributed by atoms with van der Waals surface area (Å²) in [7, 11) is 0. The van der Waals surface area contributed by atoms with Crippen molar-refractivity contribution in [2.45, 2.75) is 6.42 Å². The average Bonchev–Trinajstić information content (AvgIpc) is 2.17. The van der Waals surface area contributed by atoms with E-state index in [4.69, 9.17) is 10.8 Å². The number of pyridine rings is 1. The zero-order chi connectivity index (χ0) is 11.3. The predicted octanol–water partition coefficient (Wildman–Crippen LogP) is 0.00670. The van der Waals surface area contributed by atoms with E-state index in [9.17, 15) is 9.59 Å². The molecule has 1 aromatic rings. The van der Waals surface area contributed by atoms with Crippen molar-refractivity contribution in [3.8, 4) is 11.8 Å². The number of carboxylic acid groups (broad SMARTS) is 1. The van der Waals surface area contributed by atoms with Gasteiger partial charge in [-0.2, -0.15) is 0 Å². The van der Waals surface area contributed by atoms with E-state index in [0.717, 1.165) is 0 Å². The topological polar surface area (TPSA) is 93.3 Å². The second kappa shape index (κ2) is 4.77. The molecule has 0 radical (unpaired) electrons. The van der Waals surface area contributed by atoms with Gasteiger partial charge in [0.15, 0.2) is 0 Å². The van der Waals surface area contributed by atoms with Gasteiger partial charge in [0, 0.05) is 18.0 Å². The van der Waals surface area contributed by atoms with Crippen LogP contribution in [0.3, 0.4) is 0 Å². The van der Waals surface area contributed by atoms with Crippen LogP contribution in [0.4, 0.5) is 0 Å². The van der Waals surface area contributed by atoms with Crippen LogP contribution in [-0.2, 0) is 4.79 Å². The standard InChI is InChI=1S/C10H8N2O3/c11-10(15)8-4-7(5-12-6-8)2-1-3-9(13)14/h4-6H,3H2,(H2,11,15)(H,13,14). The van der Waals surface area contributed by atoms with Crippen LogP contribution in [0.1, 0.15) is 22.3 Å². The highest BCUT2D eigenvalue weighted by molar-refractivity contribution is 5.92. The zero-order valence-corrected chi connectivity index (χ0v) is 7.73. The van der Waals surface area contributed by atoms with E-state index >= 15 is 0 Å². The molecule has 5 nitrogen and oxygen atoms in total. The van der Waals surface area contributed by atoms with E-state index in [2.05, 4.69) is 16.8 Å². The smallest absolute Gasteiger partial charge is 0.315 e. The van der Waals surface area contributed by atoms with E-state index in [1.165, 1.54) is 18.5 Å². The first kappa shape index (κ1) is 10.7. The second-order valence-electron chi connectivity index (χ2n) is 2.70. The molecule has 15 heavy (non-hydrogen) atoms. The molecule has 0 aliphatic rings. The molecule has 0 bridgehead atoms. The number of aromatic nitrogens is 1. The van der Waals surface area contributed by atoms with Crippen LogP contribution in [0.15, 0.2) is 18.5 Å². The summed E-state index contributed by atoms with van der Waals surface area (Å²) in [5.41, 5.74) is 5.75. The van der Waals surface area contributed by atoms with Crippen molar-refractivity contribution >= 4 is 11.9 Å². The number of carboxylic acids is 1. The van der Waals surface area contributed by atoms with Crippen LogP contribution in [0.2, 0.25) is 0 Å². The van der Waals surface area contributed by atoms with Gasteiger partial charge in [0.25, 0.3) is 0 Å². The Morgan fingerprint density at radius 2 is 2.20 bits per heavy atom. The van der Waals surface area contributed by atoms with Crippen LogP contribution < -0.4 is 5.73 Å². The molecule has 0 saturated heterocycles. The Balaban J connectivity index is 2.85. The van der Waals surface area contributed by atoms with Crippen molar-refractivity contribution in [3.05, 3.63) is 29.6 Å². The number of primary amides is 1. The number of hydrogen-bond donors (Lipinski definition) is 2. The van der Waals surface area contributed by atoms with E-state index in [1.54, 1.807) is 0 Å². The minimum absolute atomic E-state index is 0.247. The minimum atomic E-state index is -0.999. The second-order valence-corrected chi connectivity index (χ2v) is 2.70. The van der Waals surface area contributed by atoms with Crippen molar-refractivity contribution in [2.75, 3.05) is 0 Å². The maximum atomic E-state index is 10.8. The van der Waals surface area contributed by atoms with Gasteiger partial charge in [-0.3, -0.25) is 14.6 Å². The molecule has 0 aromatic carbocycles. The van der Waals surface area contributed by atoms with Crippen molar-refractivity contribution in [1.82, 2.24) is 4.98 Å². The van der Waals surface area contributed by atoms with Gasteiger partial charge in [0.05, 0.1) is 5.56 Å². The van der Waals surface area contributed by atoms with Crippen LogP contribution in [0.25, 0.3) is 0 Å². The molecule has 0 saturated carbocycles. The Kier molecular flexibility index (Phi) is 3.41. The van der Waals surface area contributed by atoms with Crippen LogP contribution >= 0.6 is 0 Å². The molecule has 1 rings (SSSR count). The van der Waals surface area contributed by atoms with E-state index in [0.29, 0.717) is 5.56 Å². The monoisotopic (exact) mass is 204 g/mol. The number of carbonyl (C=O) groups is 2. The lowest BCUT2D eigenvalue weighted by Gasteiger charge is -1.94. The van der Waals surface area contributed by atoms with Crippen LogP contribution in [0.5, 0.6) is 0 Å². The number of nitrogens with zero attached hydrogens (tertiary/aromatic N) is 1. The number of aliphatic carboxylic acids is 1. The number of rotatable bonds is 2. The molecule has 5 heteroatoms. The number of amides is 1. The van der Waals surface area contributed by atoms with Gasteiger partial charge in [-0.25, -0.2) is 0 Å². The molecule has 76 valence electrons. The Morgan fingerprint density at radius 3 is 2.80 bits per heavy atom. The molecule has 0 aliphatic heterocycles. The largest absolute Gasteiger partial charge is 0.481 e. The molecular weight excluding hydrogens is 196 g/mol. The van der Waals surface area contributed by atoms with Gasteiger partial charge in [0.1, 0.15) is 6.42 Å². The molecule has 1 aromatic heterocycles. The Labute approximate surface area is 85.9 Å². The Hall–Kier alpha value is -2.35. The zero-order valence-electron chi connectivity index (χ0n) is 7.73. The first-order valence-electron chi connectivity index (χ1n) is 4.05. The molecule has 0 unspecified atom stereocenters. The fourth-order valence-corrected chi connectivity index (χ4v) is 0.865. The highest BCUT2D eigenvalue weighted by Gasteiger charge is 2.00. The summed E-state index contributed by atoms with van der Waals surface area (Å²) in [4.78, 5) is 24.7. The van der Waals surface area contributed by atoms with Crippen LogP contribution in [-0.4, -0.2) is 22.0 Å². The minimum Gasteiger partial charge on any atom is -0.481 e. The molecule has 0 spiro atoms. The quantitative estimate of drug-likeness (QED) is 0.663. The van der Waals surface area contributed by atoms with Gasteiger partial charge in [-0.1, -0.05) is 11.8 Å². The van der Waals surface area contributed by atoms with Crippen LogP contribution in [0, 0.1) is 11.8 Å². The van der Waals surface area contributed by atoms with Gasteiger partial charge >= 0.3 is 5.97 Å². The summed E-state index contributed by atoms with van der Waals surface area (Å²) in [6.07, 6.45) is 2.51. The summed E-state index contributed by atoms with van der Waals surface area (Å²) in [5.74, 6) is 3.40. The Bertz CT molecular complexity index is 457. The van der Waals surface area contributed by atoms with Gasteiger partial charge in [0.2, 0.25) is 5.91 Å². The summed E-state index contributed by atoms with van der Waals surface area (Å²) in [6.45, 7) is 0. The highest BCUT2D eigenvalue weighted by Crippen LogP contribution is 2.00. The SMILES string of the molecule is NC(=O)c1cncc(C#CCC(=O)O)c1. The first-order chi connectivity index (χ1) is 7.09. The van der Waals surface area contributed by atoms with Gasteiger partial charge in [-0.05, 0) is 6.07 Å². The molecule has 0 aliphatic carbocycles. The molecule has 1 heterocycles. The average molecular weight is 204 g/mol. The maximum Gasteiger partial charge on any atom is 0.315 e. The normalized spacial score (nSPS) is 8.80. The summed E-state index contributed by atoms with van der Waals surface area (Å²) in [6, 6.07) is 1.46. The summed E-state index contributed by atoms with van der Waals surface area (Å²) >= 11 is 0. The van der Waals surface area contributed by atoms with Crippen molar-refractivity contribution in [1.29, 1.82) is 0 Å². The maximum absolute atomic E-state index is 10.8. The van der Waals surface area contributed by atoms with Gasteiger partial charge in [-0.15, -0.1) is 0 Å². The van der Waals surface area contributed by atoms with Crippen molar-refractivity contribution < 1.29 is 14.7 Å². The fraction of sp³-hybridized carbons (Fsp3) is 0.100. The van der Waals surface area contributed by atoms with Crippen molar-refractivity contribution in [3.63, 3.8) is 0 Å². The van der Waals surface area contributed by atoms with E-state index in [-0.39, 0.29) is 12.0 Å². The van der Waals surface area contributed by atoms with Gasteiger partial charge < -0.3 is 10.8 Å². The summed E-state index contributed by atoms with van der Waals surface area (Å²) < 4.78 is 0. The molecule has 0 fully saturated rings. The Morgan fingerprint density at radius 1 is 1.47 bits per heavy atom. The van der Waals surface area contributed by atoms with Crippen molar-refractivity contribution in [2.24, 2.45) is 5.73 Å². The lowest BCUT2D eigenvalue weighted by atomic mass is 10.2. The third kappa shape index (κ3) is 3.48. The van der Waals surface area contributed by atoms with E-state index < -0.39 is 11.9 Å².